The van der Waals surface area contributed by atoms with Crippen molar-refractivity contribution in [2.24, 2.45) is 11.8 Å². The maximum atomic E-state index is 6.50. The molecule has 98 valence electrons. The minimum Gasteiger partial charge on any atom is -0.126 e. The van der Waals surface area contributed by atoms with Gasteiger partial charge in [-0.15, -0.1) is 46.4 Å². The quantitative estimate of drug-likeness (QED) is 0.536. The first-order valence-electron chi connectivity index (χ1n) is 4.65. The summed E-state index contributed by atoms with van der Waals surface area (Å²) in [5.41, 5.74) is 0. The van der Waals surface area contributed by atoms with Gasteiger partial charge in [-0.1, -0.05) is 46.4 Å². The maximum Gasteiger partial charge on any atom is 0.166 e. The van der Waals surface area contributed by atoms with Gasteiger partial charge in [-0.05, 0) is 0 Å². The third-order valence-corrected chi connectivity index (χ3v) is 8.60. The van der Waals surface area contributed by atoms with Crippen molar-refractivity contribution < 1.29 is 0 Å². The molecule has 2 aliphatic carbocycles. The molecule has 4 atom stereocenters. The molecule has 0 aromatic rings. The first kappa shape index (κ1) is 15.4. The standard InChI is InChI=1S/C9H6Cl8/c10-1-3-4(2-11)8(15)6(13)5(12)7(3,14)9(8,16)17/h3-4H,1-2H2/t3-,4-,7-,8-/m0/s1. The Balaban J connectivity index is 2.72. The van der Waals surface area contributed by atoms with Crippen molar-refractivity contribution >= 4 is 92.8 Å². The fourth-order valence-electron chi connectivity index (χ4n) is 2.63. The Hall–Kier alpha value is 2.06. The lowest BCUT2D eigenvalue weighted by Gasteiger charge is -2.34. The largest absolute Gasteiger partial charge is 0.166 e. The molecule has 0 N–H and O–H groups in total. The molecule has 17 heavy (non-hydrogen) atoms. The Labute approximate surface area is 139 Å². The van der Waals surface area contributed by atoms with Crippen molar-refractivity contribution in [2.75, 3.05) is 11.8 Å². The molecule has 0 saturated heterocycles. The zero-order valence-corrected chi connectivity index (χ0v) is 14.1. The third kappa shape index (κ3) is 1.48. The fraction of sp³-hybridized carbons (Fsp3) is 0.778. The van der Waals surface area contributed by atoms with E-state index < -0.39 is 14.1 Å². The Bertz CT molecular complexity index is 356. The molecule has 1 fully saturated rings. The van der Waals surface area contributed by atoms with Gasteiger partial charge in [-0.2, -0.15) is 0 Å². The molecule has 2 bridgehead atoms. The molecule has 0 aliphatic heterocycles. The number of alkyl halides is 6. The highest BCUT2D eigenvalue weighted by Gasteiger charge is 2.81. The van der Waals surface area contributed by atoms with E-state index in [1.807, 2.05) is 0 Å². The van der Waals surface area contributed by atoms with Crippen LogP contribution in [0.5, 0.6) is 0 Å². The summed E-state index contributed by atoms with van der Waals surface area (Å²) in [6.45, 7) is 0. The second-order valence-corrected chi connectivity index (χ2v) is 8.04. The number of halogens is 8. The molecule has 0 aromatic heterocycles. The van der Waals surface area contributed by atoms with Gasteiger partial charge in [0.25, 0.3) is 0 Å². The SMILES string of the molecule is ClC[C@H]1[C@H](CCl)[C@]2(Cl)C(Cl)=C(Cl)[C@]1(Cl)C2(Cl)Cl. The van der Waals surface area contributed by atoms with E-state index in [1.165, 1.54) is 0 Å². The second kappa shape index (κ2) is 4.53. The molecule has 1 saturated carbocycles. The van der Waals surface area contributed by atoms with Gasteiger partial charge < -0.3 is 0 Å². The van der Waals surface area contributed by atoms with Gasteiger partial charge in [0.05, 0.1) is 10.1 Å². The summed E-state index contributed by atoms with van der Waals surface area (Å²) >= 11 is 49.8. The number of hydrogen-bond acceptors (Lipinski definition) is 0. The van der Waals surface area contributed by atoms with Gasteiger partial charge >= 0.3 is 0 Å². The zero-order valence-electron chi connectivity index (χ0n) is 8.09. The molecule has 8 heteroatoms. The molecule has 2 aliphatic rings. The van der Waals surface area contributed by atoms with E-state index >= 15 is 0 Å². The van der Waals surface area contributed by atoms with Crippen LogP contribution in [0.1, 0.15) is 0 Å². The first-order valence-corrected chi connectivity index (χ1v) is 7.98. The van der Waals surface area contributed by atoms with Crippen molar-refractivity contribution in [3.63, 3.8) is 0 Å². The van der Waals surface area contributed by atoms with Gasteiger partial charge in [-0.3, -0.25) is 0 Å². The predicted octanol–water partition coefficient (Wildman–Crippen LogP) is 5.54. The average Bonchev–Trinajstić information content (AvgIpc) is 2.48. The van der Waals surface area contributed by atoms with E-state index in [2.05, 4.69) is 0 Å². The summed E-state index contributed by atoms with van der Waals surface area (Å²) in [6.07, 6.45) is 0. The van der Waals surface area contributed by atoms with Crippen LogP contribution in [-0.2, 0) is 0 Å². The lowest BCUT2D eigenvalue weighted by molar-refractivity contribution is 0.391. The van der Waals surface area contributed by atoms with E-state index in [0.29, 0.717) is 0 Å². The van der Waals surface area contributed by atoms with Crippen molar-refractivity contribution in [1.82, 2.24) is 0 Å². The third-order valence-electron chi connectivity index (χ3n) is 3.59. The van der Waals surface area contributed by atoms with Crippen molar-refractivity contribution in [1.29, 1.82) is 0 Å². The molecule has 0 radical (unpaired) electrons. The van der Waals surface area contributed by atoms with Gasteiger partial charge in [0, 0.05) is 23.6 Å². The Morgan fingerprint density at radius 1 is 0.765 bits per heavy atom. The summed E-state index contributed by atoms with van der Waals surface area (Å²) in [4.78, 5) is -2.59. The lowest BCUT2D eigenvalue weighted by Crippen LogP contribution is -2.45. The van der Waals surface area contributed by atoms with Crippen molar-refractivity contribution in [3.8, 4) is 0 Å². The Morgan fingerprint density at radius 3 is 1.29 bits per heavy atom. The Kier molecular flexibility index (Phi) is 4.12. The van der Waals surface area contributed by atoms with Crippen LogP contribution < -0.4 is 0 Å². The monoisotopic (exact) mass is 394 g/mol. The van der Waals surface area contributed by atoms with E-state index in [1.54, 1.807) is 0 Å². The summed E-state index contributed by atoms with van der Waals surface area (Å²) in [5, 5.41) is 0.320. The van der Waals surface area contributed by atoms with Gasteiger partial charge in [0.15, 0.2) is 4.33 Å². The van der Waals surface area contributed by atoms with E-state index in [-0.39, 0.29) is 33.7 Å². The first-order chi connectivity index (χ1) is 7.71. The molecule has 0 unspecified atom stereocenters. The van der Waals surface area contributed by atoms with Crippen LogP contribution in [0.3, 0.4) is 0 Å². The molecule has 0 spiro atoms. The highest BCUT2D eigenvalue weighted by atomic mass is 35.5. The number of fused-ring (bicyclic) bond motifs is 2. The van der Waals surface area contributed by atoms with Crippen LogP contribution in [0.4, 0.5) is 0 Å². The van der Waals surface area contributed by atoms with E-state index in [4.69, 9.17) is 92.8 Å². The molecular formula is C9H6Cl8. The van der Waals surface area contributed by atoms with Gasteiger partial charge in [0.2, 0.25) is 0 Å². The molecule has 0 aromatic carbocycles. The topological polar surface area (TPSA) is 0 Å². The molecule has 0 nitrogen and oxygen atoms in total. The van der Waals surface area contributed by atoms with E-state index in [9.17, 15) is 0 Å². The normalized spacial score (nSPS) is 48.0. The molecule has 0 heterocycles. The second-order valence-electron chi connectivity index (χ2n) is 4.15. The number of rotatable bonds is 2. The lowest BCUT2D eigenvalue weighted by atomic mass is 9.84. The highest BCUT2D eigenvalue weighted by Crippen LogP contribution is 2.76. The van der Waals surface area contributed by atoms with Gasteiger partial charge in [-0.25, -0.2) is 0 Å². The van der Waals surface area contributed by atoms with Crippen molar-refractivity contribution in [2.45, 2.75) is 14.1 Å². The van der Waals surface area contributed by atoms with E-state index in [0.717, 1.165) is 0 Å². The summed E-state index contributed by atoms with van der Waals surface area (Å²) in [5.74, 6) is -0.301. The van der Waals surface area contributed by atoms with Crippen LogP contribution in [-0.4, -0.2) is 25.8 Å². The summed E-state index contributed by atoms with van der Waals surface area (Å²) in [6, 6.07) is 0. The van der Waals surface area contributed by atoms with Crippen LogP contribution >= 0.6 is 92.8 Å². The van der Waals surface area contributed by atoms with Crippen LogP contribution in [0.15, 0.2) is 10.1 Å². The van der Waals surface area contributed by atoms with Crippen LogP contribution in [0.25, 0.3) is 0 Å². The maximum absolute atomic E-state index is 6.50. The summed E-state index contributed by atoms with van der Waals surface area (Å²) < 4.78 is -1.55. The van der Waals surface area contributed by atoms with Crippen LogP contribution in [0, 0.1) is 11.8 Å². The van der Waals surface area contributed by atoms with Crippen molar-refractivity contribution in [3.05, 3.63) is 10.1 Å². The fourth-order valence-corrected chi connectivity index (χ4v) is 6.77. The number of hydrogen-bond donors (Lipinski definition) is 0. The Morgan fingerprint density at radius 2 is 1.06 bits per heavy atom. The smallest absolute Gasteiger partial charge is 0.126 e. The van der Waals surface area contributed by atoms with Gasteiger partial charge in [0.1, 0.15) is 9.75 Å². The van der Waals surface area contributed by atoms with Crippen LogP contribution in [0.2, 0.25) is 0 Å². The molecular weight excluding hydrogens is 392 g/mol. The highest BCUT2D eigenvalue weighted by molar-refractivity contribution is 6.65. The molecule has 2 rings (SSSR count). The minimum atomic E-state index is -1.55. The molecule has 0 amide bonds. The predicted molar refractivity (Wildman–Crippen MR) is 78.8 cm³/mol. The summed E-state index contributed by atoms with van der Waals surface area (Å²) in [7, 11) is 0. The zero-order chi connectivity index (χ0) is 13.2. The average molecular weight is 398 g/mol. The number of allylic oxidation sites excluding steroid dienone is 2. The minimum absolute atomic E-state index is 0.160.